The smallest absolute Gasteiger partial charge is 0.412 e. The Hall–Kier alpha value is -1.75. The molecule has 22 heavy (non-hydrogen) atoms. The van der Waals surface area contributed by atoms with Crippen LogP contribution in [0.1, 0.15) is 33.6 Å². The van der Waals surface area contributed by atoms with Crippen molar-refractivity contribution in [1.82, 2.24) is 0 Å². The Morgan fingerprint density at radius 3 is 2.55 bits per heavy atom. The third-order valence-corrected chi connectivity index (χ3v) is 3.75. The highest BCUT2D eigenvalue weighted by molar-refractivity contribution is 5.89. The number of rotatable bonds is 3. The number of hydrogen-bond donors (Lipinski definition) is 2. The summed E-state index contributed by atoms with van der Waals surface area (Å²) in [6.45, 7) is 7.57. The van der Waals surface area contributed by atoms with E-state index in [2.05, 4.69) is 10.2 Å². The second-order valence-corrected chi connectivity index (χ2v) is 6.76. The number of carbonyl (C=O) groups is 1. The summed E-state index contributed by atoms with van der Waals surface area (Å²) in [7, 11) is 0. The van der Waals surface area contributed by atoms with Gasteiger partial charge in [-0.05, 0) is 51.7 Å². The lowest BCUT2D eigenvalue weighted by atomic mass is 9.97. The van der Waals surface area contributed by atoms with Crippen LogP contribution in [-0.2, 0) is 4.74 Å². The summed E-state index contributed by atoms with van der Waals surface area (Å²) in [6.07, 6.45) is 1.50. The van der Waals surface area contributed by atoms with Crippen molar-refractivity contribution in [3.8, 4) is 0 Å². The highest BCUT2D eigenvalue weighted by atomic mass is 16.6. The van der Waals surface area contributed by atoms with Gasteiger partial charge in [-0.25, -0.2) is 4.79 Å². The zero-order chi connectivity index (χ0) is 16.2. The molecule has 1 fully saturated rings. The maximum Gasteiger partial charge on any atom is 0.412 e. The summed E-state index contributed by atoms with van der Waals surface area (Å²) >= 11 is 0. The maximum atomic E-state index is 12.0. The standard InChI is InChI=1S/C17H26N2O3/c1-17(2,3)22-16(21)18-14-6-4-5-7-15(14)19-10-8-13(12-20)9-11-19/h4-7,13,20H,8-12H2,1-3H3,(H,18,21). The van der Waals surface area contributed by atoms with E-state index in [4.69, 9.17) is 4.74 Å². The second kappa shape index (κ2) is 7.01. The van der Waals surface area contributed by atoms with Crippen LogP contribution < -0.4 is 10.2 Å². The maximum absolute atomic E-state index is 12.0. The van der Waals surface area contributed by atoms with Crippen molar-refractivity contribution >= 4 is 17.5 Å². The van der Waals surface area contributed by atoms with Gasteiger partial charge in [-0.1, -0.05) is 12.1 Å². The number of aliphatic hydroxyl groups is 1. The van der Waals surface area contributed by atoms with E-state index in [0.29, 0.717) is 5.92 Å². The molecule has 1 saturated heterocycles. The fourth-order valence-corrected chi connectivity index (χ4v) is 2.63. The van der Waals surface area contributed by atoms with Crippen molar-refractivity contribution in [3.63, 3.8) is 0 Å². The van der Waals surface area contributed by atoms with Gasteiger partial charge in [0.2, 0.25) is 0 Å². The molecule has 0 bridgehead atoms. The molecule has 1 aromatic rings. The van der Waals surface area contributed by atoms with Crippen LogP contribution >= 0.6 is 0 Å². The van der Waals surface area contributed by atoms with Crippen molar-refractivity contribution in [2.45, 2.75) is 39.2 Å². The van der Waals surface area contributed by atoms with Crippen molar-refractivity contribution in [2.75, 3.05) is 29.9 Å². The molecule has 5 heteroatoms. The number of carbonyl (C=O) groups excluding carboxylic acids is 1. The molecule has 1 aliphatic heterocycles. The fraction of sp³-hybridized carbons (Fsp3) is 0.588. The number of anilines is 2. The molecule has 5 nitrogen and oxygen atoms in total. The topological polar surface area (TPSA) is 61.8 Å². The number of amides is 1. The Kier molecular flexibility index (Phi) is 5.29. The molecule has 1 aliphatic rings. The Balaban J connectivity index is 2.06. The molecule has 0 saturated carbocycles. The van der Waals surface area contributed by atoms with Gasteiger partial charge in [-0.2, -0.15) is 0 Å². The Labute approximate surface area is 132 Å². The van der Waals surface area contributed by atoms with Crippen molar-refractivity contribution in [1.29, 1.82) is 0 Å². The zero-order valence-corrected chi connectivity index (χ0v) is 13.6. The van der Waals surface area contributed by atoms with Gasteiger partial charge in [0.25, 0.3) is 0 Å². The summed E-state index contributed by atoms with van der Waals surface area (Å²) in [5.41, 5.74) is 1.25. The van der Waals surface area contributed by atoms with E-state index < -0.39 is 11.7 Å². The molecular formula is C17H26N2O3. The highest BCUT2D eigenvalue weighted by Gasteiger charge is 2.22. The van der Waals surface area contributed by atoms with Crippen LogP contribution in [0.25, 0.3) is 0 Å². The molecule has 1 heterocycles. The van der Waals surface area contributed by atoms with Crippen molar-refractivity contribution < 1.29 is 14.6 Å². The number of hydrogen-bond acceptors (Lipinski definition) is 4. The van der Waals surface area contributed by atoms with Crippen LogP contribution in [-0.4, -0.2) is 36.5 Å². The average molecular weight is 306 g/mol. The summed E-state index contributed by atoms with van der Waals surface area (Å²) in [4.78, 5) is 14.2. The van der Waals surface area contributed by atoms with Gasteiger partial charge >= 0.3 is 6.09 Å². The molecule has 0 spiro atoms. The van der Waals surface area contributed by atoms with Crippen LogP contribution in [0.4, 0.5) is 16.2 Å². The summed E-state index contributed by atoms with van der Waals surface area (Å²) in [6, 6.07) is 7.76. The molecule has 1 amide bonds. The molecule has 0 aliphatic carbocycles. The fourth-order valence-electron chi connectivity index (χ4n) is 2.63. The van der Waals surface area contributed by atoms with Crippen LogP contribution in [0.3, 0.4) is 0 Å². The summed E-state index contributed by atoms with van der Waals surface area (Å²) < 4.78 is 5.32. The van der Waals surface area contributed by atoms with Crippen molar-refractivity contribution in [2.24, 2.45) is 5.92 Å². The lowest BCUT2D eigenvalue weighted by molar-refractivity contribution is 0.0636. The minimum absolute atomic E-state index is 0.256. The van der Waals surface area contributed by atoms with E-state index in [9.17, 15) is 9.90 Å². The molecule has 2 N–H and O–H groups in total. The van der Waals surface area contributed by atoms with E-state index in [1.165, 1.54) is 0 Å². The predicted molar refractivity (Wildman–Crippen MR) is 88.3 cm³/mol. The average Bonchev–Trinajstić information content (AvgIpc) is 2.46. The Morgan fingerprint density at radius 2 is 1.95 bits per heavy atom. The SMILES string of the molecule is CC(C)(C)OC(=O)Nc1ccccc1N1CCC(CO)CC1. The van der Waals surface area contributed by atoms with Crippen LogP contribution in [0, 0.1) is 5.92 Å². The summed E-state index contributed by atoms with van der Waals surface area (Å²) in [5.74, 6) is 0.391. The third kappa shape index (κ3) is 4.63. The quantitative estimate of drug-likeness (QED) is 0.900. The molecular weight excluding hydrogens is 280 g/mol. The zero-order valence-electron chi connectivity index (χ0n) is 13.6. The molecule has 0 radical (unpaired) electrons. The first-order valence-electron chi connectivity index (χ1n) is 7.84. The van der Waals surface area contributed by atoms with Crippen LogP contribution in [0.15, 0.2) is 24.3 Å². The molecule has 2 rings (SSSR count). The molecule has 122 valence electrons. The summed E-state index contributed by atoms with van der Waals surface area (Å²) in [5, 5.41) is 12.1. The number of nitrogens with one attached hydrogen (secondary N) is 1. The first-order chi connectivity index (χ1) is 10.4. The van der Waals surface area contributed by atoms with E-state index in [-0.39, 0.29) is 6.61 Å². The predicted octanol–water partition coefficient (Wildman–Crippen LogP) is 3.24. The van der Waals surface area contributed by atoms with Gasteiger partial charge in [0.1, 0.15) is 5.60 Å². The lowest BCUT2D eigenvalue weighted by Crippen LogP contribution is -2.35. The van der Waals surface area contributed by atoms with E-state index >= 15 is 0 Å². The first kappa shape index (κ1) is 16.6. The number of nitrogens with zero attached hydrogens (tertiary/aromatic N) is 1. The highest BCUT2D eigenvalue weighted by Crippen LogP contribution is 2.30. The molecule has 0 aromatic heterocycles. The Morgan fingerprint density at radius 1 is 1.32 bits per heavy atom. The number of ether oxygens (including phenoxy) is 1. The van der Waals surface area contributed by atoms with Crippen molar-refractivity contribution in [3.05, 3.63) is 24.3 Å². The number of piperidine rings is 1. The van der Waals surface area contributed by atoms with Gasteiger partial charge < -0.3 is 14.7 Å². The van der Waals surface area contributed by atoms with Gasteiger partial charge in [0.05, 0.1) is 11.4 Å². The van der Waals surface area contributed by atoms with Gasteiger partial charge in [0, 0.05) is 19.7 Å². The minimum Gasteiger partial charge on any atom is -0.444 e. The normalized spacial score (nSPS) is 16.5. The van der Waals surface area contributed by atoms with Gasteiger partial charge in [-0.3, -0.25) is 5.32 Å². The third-order valence-electron chi connectivity index (χ3n) is 3.75. The van der Waals surface area contributed by atoms with Crippen LogP contribution in [0.5, 0.6) is 0 Å². The second-order valence-electron chi connectivity index (χ2n) is 6.76. The minimum atomic E-state index is -0.515. The van der Waals surface area contributed by atoms with E-state index in [0.717, 1.165) is 37.3 Å². The number of para-hydroxylation sites is 2. The Bertz CT molecular complexity index is 503. The number of benzene rings is 1. The van der Waals surface area contributed by atoms with Crippen LogP contribution in [0.2, 0.25) is 0 Å². The number of aliphatic hydroxyl groups excluding tert-OH is 1. The van der Waals surface area contributed by atoms with E-state index in [1.807, 2.05) is 45.0 Å². The molecule has 0 atom stereocenters. The van der Waals surface area contributed by atoms with Gasteiger partial charge in [0.15, 0.2) is 0 Å². The first-order valence-corrected chi connectivity index (χ1v) is 7.84. The lowest BCUT2D eigenvalue weighted by Gasteiger charge is -2.34. The molecule has 1 aromatic carbocycles. The van der Waals surface area contributed by atoms with Gasteiger partial charge in [-0.15, -0.1) is 0 Å². The van der Waals surface area contributed by atoms with E-state index in [1.54, 1.807) is 0 Å². The molecule has 0 unspecified atom stereocenters. The monoisotopic (exact) mass is 306 g/mol. The largest absolute Gasteiger partial charge is 0.444 e.